The van der Waals surface area contributed by atoms with E-state index in [9.17, 15) is 18.9 Å². The number of carbonyl (C=O) groups excluding carboxylic acids is 1. The fourth-order valence-corrected chi connectivity index (χ4v) is 1.18. The van der Waals surface area contributed by atoms with Gasteiger partial charge in [-0.3, -0.25) is 14.2 Å². The number of carbonyl (C=O) groups is 3. The van der Waals surface area contributed by atoms with E-state index in [1.165, 1.54) is 39.0 Å². The van der Waals surface area contributed by atoms with Crippen molar-refractivity contribution in [2.75, 3.05) is 6.16 Å². The average Bonchev–Trinajstić information content (AvgIpc) is 2.37. The molecule has 132 valence electrons. The van der Waals surface area contributed by atoms with Crippen LogP contribution in [-0.2, 0) is 18.9 Å². The first-order valence-electron chi connectivity index (χ1n) is 6.41. The van der Waals surface area contributed by atoms with Crippen LogP contribution < -0.4 is 5.73 Å². The second-order valence-corrected chi connectivity index (χ2v) is 6.81. The predicted octanol–water partition coefficient (Wildman–Crippen LogP) is 0.724. The van der Waals surface area contributed by atoms with Crippen LogP contribution in [0, 0.1) is 5.41 Å². The first-order valence-corrected chi connectivity index (χ1v) is 8.20. The fraction of sp³-hybridized carbons (Fsp3) is 0.462. The number of carboxylic acid groups (broad SMARTS) is 2. The third-order valence-electron chi connectivity index (χ3n) is 2.49. The van der Waals surface area contributed by atoms with Gasteiger partial charge in [-0.15, -0.1) is 0 Å². The molecule has 0 fully saturated rings. The van der Waals surface area contributed by atoms with Gasteiger partial charge in [-0.1, -0.05) is 25.2 Å². The van der Waals surface area contributed by atoms with E-state index in [1.807, 2.05) is 0 Å². The first kappa shape index (κ1) is 23.3. The summed E-state index contributed by atoms with van der Waals surface area (Å²) in [7, 11) is -3.65. The highest BCUT2D eigenvalue weighted by Crippen LogP contribution is 2.32. The molecule has 0 aromatic rings. The Morgan fingerprint density at radius 3 is 1.96 bits per heavy atom. The third-order valence-corrected chi connectivity index (χ3v) is 3.32. The van der Waals surface area contributed by atoms with Gasteiger partial charge in [0.25, 0.3) is 0 Å². The number of allylic oxidation sites excluding steroid dienone is 2. The van der Waals surface area contributed by atoms with Crippen LogP contribution in [0.2, 0.25) is 0 Å². The molecule has 0 saturated carbocycles. The molecule has 0 aliphatic heterocycles. The molecule has 9 nitrogen and oxygen atoms in total. The highest BCUT2D eigenvalue weighted by Gasteiger charge is 2.34. The standard InChI is InChI=1S/C9H10O4.C2H5NO.C2H7O3P/c1-9(8(12)13)4-2-3-6(5-9)7(10)11;1-2(3)4;1-2-6(3,4)5/h2-4H,5H2,1H3,(H,10,11)(H,12,13);1H3,(H2,3,4);2H2,1H3,(H2,3,4,5). The summed E-state index contributed by atoms with van der Waals surface area (Å²) in [5.74, 6) is -2.40. The maximum atomic E-state index is 10.8. The van der Waals surface area contributed by atoms with Crippen molar-refractivity contribution >= 4 is 25.4 Å². The molecule has 0 bridgehead atoms. The summed E-state index contributed by atoms with van der Waals surface area (Å²) >= 11 is 0. The topological polar surface area (TPSA) is 175 Å². The van der Waals surface area contributed by atoms with Crippen molar-refractivity contribution in [3.8, 4) is 0 Å². The SMILES string of the molecule is CC(N)=O.CC1(C(=O)O)C=CC=C(C(=O)O)C1.CCP(=O)(O)O. The quantitative estimate of drug-likeness (QED) is 0.462. The zero-order valence-corrected chi connectivity index (χ0v) is 14.0. The smallest absolute Gasteiger partial charge is 0.331 e. The summed E-state index contributed by atoms with van der Waals surface area (Å²) in [5, 5.41) is 17.5. The normalized spacial score (nSPS) is 19.3. The van der Waals surface area contributed by atoms with Crippen LogP contribution in [0.3, 0.4) is 0 Å². The largest absolute Gasteiger partial charge is 0.481 e. The number of aliphatic carboxylic acids is 2. The third kappa shape index (κ3) is 12.3. The zero-order chi connectivity index (χ0) is 18.8. The van der Waals surface area contributed by atoms with Gasteiger partial charge in [-0.2, -0.15) is 0 Å². The fourth-order valence-electron chi connectivity index (χ4n) is 1.18. The molecule has 10 heteroatoms. The maximum absolute atomic E-state index is 10.8. The Bertz CT molecular complexity index is 544. The number of carboxylic acids is 2. The van der Waals surface area contributed by atoms with Gasteiger partial charge in [0.05, 0.1) is 5.41 Å². The molecule has 0 aromatic carbocycles. The van der Waals surface area contributed by atoms with E-state index < -0.39 is 24.9 Å². The van der Waals surface area contributed by atoms with Crippen LogP contribution in [0.15, 0.2) is 23.8 Å². The monoisotopic (exact) mass is 351 g/mol. The van der Waals surface area contributed by atoms with Gasteiger partial charge in [0.15, 0.2) is 0 Å². The minimum atomic E-state index is -3.65. The molecule has 6 N–H and O–H groups in total. The van der Waals surface area contributed by atoms with Crippen LogP contribution in [-0.4, -0.2) is 44.0 Å². The Hall–Kier alpha value is -1.96. The molecule has 1 atom stereocenters. The Morgan fingerprint density at radius 1 is 1.30 bits per heavy atom. The van der Waals surface area contributed by atoms with E-state index in [0.717, 1.165) is 0 Å². The maximum Gasteiger partial charge on any atom is 0.331 e. The number of amides is 1. The van der Waals surface area contributed by atoms with E-state index in [-0.39, 0.29) is 24.1 Å². The van der Waals surface area contributed by atoms with Crippen LogP contribution in [0.1, 0.15) is 27.2 Å². The van der Waals surface area contributed by atoms with Crippen LogP contribution in [0.5, 0.6) is 0 Å². The minimum absolute atomic E-state index is 0.0359. The Labute approximate surface area is 133 Å². The molecule has 1 unspecified atom stereocenters. The molecule has 1 aliphatic carbocycles. The zero-order valence-electron chi connectivity index (χ0n) is 13.1. The molecule has 1 aliphatic rings. The number of rotatable bonds is 3. The lowest BCUT2D eigenvalue weighted by molar-refractivity contribution is -0.145. The van der Waals surface area contributed by atoms with Crippen LogP contribution in [0.25, 0.3) is 0 Å². The second-order valence-electron chi connectivity index (χ2n) is 4.85. The number of primary amides is 1. The number of hydrogen-bond acceptors (Lipinski definition) is 4. The minimum Gasteiger partial charge on any atom is -0.481 e. The van der Waals surface area contributed by atoms with E-state index in [4.69, 9.17) is 20.0 Å². The van der Waals surface area contributed by atoms with E-state index >= 15 is 0 Å². The number of hydrogen-bond donors (Lipinski definition) is 5. The molecular formula is C13H22NO8P. The Morgan fingerprint density at radius 2 is 1.70 bits per heavy atom. The van der Waals surface area contributed by atoms with Crippen molar-refractivity contribution < 1.29 is 38.9 Å². The Kier molecular flexibility index (Phi) is 10.1. The lowest BCUT2D eigenvalue weighted by atomic mass is 9.80. The van der Waals surface area contributed by atoms with Crippen LogP contribution in [0.4, 0.5) is 0 Å². The molecule has 0 radical (unpaired) electrons. The van der Waals surface area contributed by atoms with Gasteiger partial charge in [0, 0.05) is 18.7 Å². The highest BCUT2D eigenvalue weighted by atomic mass is 31.2. The first-order chi connectivity index (χ1) is 10.2. The van der Waals surface area contributed by atoms with Gasteiger partial charge < -0.3 is 25.7 Å². The average molecular weight is 351 g/mol. The van der Waals surface area contributed by atoms with Crippen molar-refractivity contribution in [1.29, 1.82) is 0 Å². The summed E-state index contributed by atoms with van der Waals surface area (Å²) in [4.78, 5) is 46.4. The molecule has 0 spiro atoms. The predicted molar refractivity (Wildman–Crippen MR) is 82.7 cm³/mol. The molecule has 0 heterocycles. The summed E-state index contributed by atoms with van der Waals surface area (Å²) in [6.07, 6.45) is 4.37. The molecule has 0 saturated heterocycles. The van der Waals surface area contributed by atoms with Crippen molar-refractivity contribution in [3.05, 3.63) is 23.8 Å². The van der Waals surface area contributed by atoms with Crippen molar-refractivity contribution in [1.82, 2.24) is 0 Å². The summed E-state index contributed by atoms with van der Waals surface area (Å²) in [5.41, 5.74) is 3.52. The van der Waals surface area contributed by atoms with Gasteiger partial charge >= 0.3 is 19.5 Å². The van der Waals surface area contributed by atoms with Crippen molar-refractivity contribution in [3.63, 3.8) is 0 Å². The van der Waals surface area contributed by atoms with Crippen molar-refractivity contribution in [2.24, 2.45) is 11.1 Å². The number of nitrogens with two attached hydrogens (primary N) is 1. The highest BCUT2D eigenvalue weighted by molar-refractivity contribution is 7.51. The van der Waals surface area contributed by atoms with E-state index in [1.54, 1.807) is 0 Å². The summed E-state index contributed by atoms with van der Waals surface area (Å²) in [6.45, 7) is 4.25. The van der Waals surface area contributed by atoms with Gasteiger partial charge in [-0.05, 0) is 13.3 Å². The molecular weight excluding hydrogens is 329 g/mol. The van der Waals surface area contributed by atoms with E-state index in [2.05, 4.69) is 5.73 Å². The van der Waals surface area contributed by atoms with Gasteiger partial charge in [0.1, 0.15) is 0 Å². The summed E-state index contributed by atoms with van der Waals surface area (Å²) in [6, 6.07) is 0. The van der Waals surface area contributed by atoms with Gasteiger partial charge in [-0.25, -0.2) is 4.79 Å². The molecule has 0 aromatic heterocycles. The van der Waals surface area contributed by atoms with Crippen molar-refractivity contribution in [2.45, 2.75) is 27.2 Å². The van der Waals surface area contributed by atoms with Gasteiger partial charge in [0.2, 0.25) is 5.91 Å². The van der Waals surface area contributed by atoms with E-state index in [0.29, 0.717) is 0 Å². The molecule has 1 amide bonds. The van der Waals surface area contributed by atoms with Crippen LogP contribution >= 0.6 is 7.60 Å². The molecule has 1 rings (SSSR count). The lowest BCUT2D eigenvalue weighted by Crippen LogP contribution is -2.28. The Balaban J connectivity index is 0. The molecule has 23 heavy (non-hydrogen) atoms. The lowest BCUT2D eigenvalue weighted by Gasteiger charge is -2.23. The summed E-state index contributed by atoms with van der Waals surface area (Å²) < 4.78 is 9.69. The second kappa shape index (κ2) is 9.94.